The van der Waals surface area contributed by atoms with E-state index in [-0.39, 0.29) is 12.6 Å². The van der Waals surface area contributed by atoms with Crippen LogP contribution in [0.3, 0.4) is 0 Å². The van der Waals surface area contributed by atoms with Gasteiger partial charge in [-0.25, -0.2) is 0 Å². The highest BCUT2D eigenvalue weighted by Gasteiger charge is 2.12. The van der Waals surface area contributed by atoms with Gasteiger partial charge in [0.25, 0.3) is 0 Å². The number of nitrogens with zero attached hydrogens (tertiary/aromatic N) is 3. The number of halogens is 2. The maximum Gasteiger partial charge on any atom is 0.0640 e. The average molecular weight is 260 g/mol. The third kappa shape index (κ3) is 3.58. The summed E-state index contributed by atoms with van der Waals surface area (Å²) in [5, 5.41) is 13.4. The lowest BCUT2D eigenvalue weighted by Gasteiger charge is -2.12. The quantitative estimate of drug-likeness (QED) is 0.483. The van der Waals surface area contributed by atoms with E-state index in [4.69, 9.17) is 33.8 Å². The van der Waals surface area contributed by atoms with Crippen LogP contribution in [0.4, 0.5) is 0 Å². The first-order valence-corrected chi connectivity index (χ1v) is 5.54. The first-order chi connectivity index (χ1) is 7.69. The average Bonchev–Trinajstić information content (AvgIpc) is 2.25. The van der Waals surface area contributed by atoms with Crippen molar-refractivity contribution in [2.75, 3.05) is 6.61 Å². The predicted molar refractivity (Wildman–Crippen MR) is 64.7 cm³/mol. The molecule has 0 saturated heterocycles. The molecule has 0 fully saturated rings. The fraction of sp³-hybridized carbons (Fsp3) is 0.400. The zero-order chi connectivity index (χ0) is 12.0. The Hall–Kier alpha value is -0.930. The zero-order valence-electron chi connectivity index (χ0n) is 8.48. The molecule has 1 rings (SSSR count). The Morgan fingerprint density at radius 1 is 1.44 bits per heavy atom. The van der Waals surface area contributed by atoms with Crippen LogP contribution in [0.2, 0.25) is 10.0 Å². The van der Waals surface area contributed by atoms with Gasteiger partial charge < -0.3 is 5.11 Å². The molecule has 1 N–H and O–H groups in total. The molecular formula is C10H11Cl2N3O. The van der Waals surface area contributed by atoms with Crippen molar-refractivity contribution in [3.05, 3.63) is 44.3 Å². The summed E-state index contributed by atoms with van der Waals surface area (Å²) in [7, 11) is 0. The summed E-state index contributed by atoms with van der Waals surface area (Å²) < 4.78 is 0. The Morgan fingerprint density at radius 2 is 2.19 bits per heavy atom. The van der Waals surface area contributed by atoms with Gasteiger partial charge >= 0.3 is 0 Å². The first kappa shape index (κ1) is 13.1. The van der Waals surface area contributed by atoms with Crippen molar-refractivity contribution >= 4 is 23.2 Å². The van der Waals surface area contributed by atoms with Crippen molar-refractivity contribution in [3.8, 4) is 0 Å². The molecule has 16 heavy (non-hydrogen) atoms. The summed E-state index contributed by atoms with van der Waals surface area (Å²) in [5.41, 5.74) is 9.20. The van der Waals surface area contributed by atoms with Gasteiger partial charge in [0.05, 0.1) is 6.04 Å². The molecule has 86 valence electrons. The summed E-state index contributed by atoms with van der Waals surface area (Å²) >= 11 is 11.8. The highest BCUT2D eigenvalue weighted by atomic mass is 35.5. The van der Waals surface area contributed by atoms with Crippen molar-refractivity contribution < 1.29 is 5.11 Å². The molecule has 0 bridgehead atoms. The lowest BCUT2D eigenvalue weighted by molar-refractivity contribution is 0.280. The molecule has 0 aliphatic heterocycles. The molecule has 0 amide bonds. The number of aliphatic hydroxyl groups is 1. The number of rotatable bonds is 5. The summed E-state index contributed by atoms with van der Waals surface area (Å²) in [6, 6.07) is 4.68. The van der Waals surface area contributed by atoms with Gasteiger partial charge in [-0.05, 0) is 36.1 Å². The number of aliphatic hydroxyl groups excluding tert-OH is 1. The van der Waals surface area contributed by atoms with Gasteiger partial charge in [-0.2, -0.15) is 0 Å². The Morgan fingerprint density at radius 3 is 2.75 bits per heavy atom. The van der Waals surface area contributed by atoms with Crippen LogP contribution in [0.25, 0.3) is 10.4 Å². The topological polar surface area (TPSA) is 69.0 Å². The second kappa shape index (κ2) is 6.61. The minimum Gasteiger partial charge on any atom is -0.396 e. The number of hydrogen-bond acceptors (Lipinski definition) is 2. The minimum atomic E-state index is -0.359. The van der Waals surface area contributed by atoms with E-state index >= 15 is 0 Å². The maximum absolute atomic E-state index is 8.75. The largest absolute Gasteiger partial charge is 0.396 e. The zero-order valence-corrected chi connectivity index (χ0v) is 9.99. The lowest BCUT2D eigenvalue weighted by atomic mass is 10.0. The molecule has 1 aromatic rings. The molecule has 4 nitrogen and oxygen atoms in total. The summed E-state index contributed by atoms with van der Waals surface area (Å²) in [5.74, 6) is 0. The predicted octanol–water partition coefficient (Wildman–Crippen LogP) is 4.12. The molecule has 0 spiro atoms. The molecule has 0 radical (unpaired) electrons. The van der Waals surface area contributed by atoms with Crippen LogP contribution in [-0.2, 0) is 0 Å². The number of benzene rings is 1. The molecule has 6 heteroatoms. The van der Waals surface area contributed by atoms with Crippen LogP contribution in [0.1, 0.15) is 24.4 Å². The van der Waals surface area contributed by atoms with Gasteiger partial charge in [-0.15, -0.1) is 0 Å². The van der Waals surface area contributed by atoms with Gasteiger partial charge in [0.15, 0.2) is 0 Å². The molecule has 0 aliphatic rings. The van der Waals surface area contributed by atoms with E-state index in [1.165, 1.54) is 0 Å². The van der Waals surface area contributed by atoms with E-state index in [0.29, 0.717) is 22.9 Å². The van der Waals surface area contributed by atoms with Crippen LogP contribution in [0.15, 0.2) is 23.3 Å². The monoisotopic (exact) mass is 259 g/mol. The van der Waals surface area contributed by atoms with E-state index in [9.17, 15) is 0 Å². The van der Waals surface area contributed by atoms with E-state index in [2.05, 4.69) is 10.0 Å². The Balaban J connectivity index is 2.96. The smallest absolute Gasteiger partial charge is 0.0640 e. The van der Waals surface area contributed by atoms with Gasteiger partial charge in [-0.3, -0.25) is 0 Å². The second-order valence-corrected chi connectivity index (χ2v) is 4.10. The standard InChI is InChI=1S/C10H11Cl2N3O/c11-7-3-4-8(9(12)6-7)10(14-15-13)2-1-5-16/h3-4,6,10,16H,1-2,5H2. The van der Waals surface area contributed by atoms with E-state index < -0.39 is 0 Å². The van der Waals surface area contributed by atoms with Crippen molar-refractivity contribution in [1.82, 2.24) is 0 Å². The molecule has 0 heterocycles. The normalized spacial score (nSPS) is 11.9. The van der Waals surface area contributed by atoms with E-state index in [0.717, 1.165) is 5.56 Å². The van der Waals surface area contributed by atoms with Crippen LogP contribution < -0.4 is 0 Å². The molecule has 1 unspecified atom stereocenters. The summed E-state index contributed by atoms with van der Waals surface area (Å²) in [6.45, 7) is 0.0582. The molecular weight excluding hydrogens is 249 g/mol. The van der Waals surface area contributed by atoms with Crippen LogP contribution in [-0.4, -0.2) is 11.7 Å². The fourth-order valence-electron chi connectivity index (χ4n) is 1.39. The van der Waals surface area contributed by atoms with Crippen molar-refractivity contribution in [2.45, 2.75) is 18.9 Å². The molecule has 1 aromatic carbocycles. The van der Waals surface area contributed by atoms with Crippen molar-refractivity contribution in [1.29, 1.82) is 0 Å². The highest BCUT2D eigenvalue weighted by molar-refractivity contribution is 6.35. The molecule has 0 saturated carbocycles. The van der Waals surface area contributed by atoms with Crippen LogP contribution in [0, 0.1) is 0 Å². The molecule has 0 aromatic heterocycles. The summed E-state index contributed by atoms with van der Waals surface area (Å²) in [4.78, 5) is 2.78. The van der Waals surface area contributed by atoms with Gasteiger partial charge in [0.2, 0.25) is 0 Å². The van der Waals surface area contributed by atoms with Gasteiger partial charge in [0, 0.05) is 21.6 Å². The number of azide groups is 1. The maximum atomic E-state index is 8.75. The third-order valence-electron chi connectivity index (χ3n) is 2.15. The van der Waals surface area contributed by atoms with Crippen LogP contribution >= 0.6 is 23.2 Å². The van der Waals surface area contributed by atoms with E-state index in [1.807, 2.05) is 0 Å². The highest BCUT2D eigenvalue weighted by Crippen LogP contribution is 2.31. The Labute approximate surface area is 103 Å². The third-order valence-corrected chi connectivity index (χ3v) is 2.71. The first-order valence-electron chi connectivity index (χ1n) is 4.79. The van der Waals surface area contributed by atoms with Crippen molar-refractivity contribution in [2.24, 2.45) is 5.11 Å². The van der Waals surface area contributed by atoms with Crippen LogP contribution in [0.5, 0.6) is 0 Å². The lowest BCUT2D eigenvalue weighted by Crippen LogP contribution is -1.97. The van der Waals surface area contributed by atoms with Gasteiger partial charge in [0.1, 0.15) is 0 Å². The van der Waals surface area contributed by atoms with E-state index in [1.54, 1.807) is 18.2 Å². The fourth-order valence-corrected chi connectivity index (χ4v) is 1.93. The Bertz CT molecular complexity index is 405. The number of hydrogen-bond donors (Lipinski definition) is 1. The molecule has 1 atom stereocenters. The second-order valence-electron chi connectivity index (χ2n) is 3.25. The molecule has 0 aliphatic carbocycles. The minimum absolute atomic E-state index is 0.0582. The van der Waals surface area contributed by atoms with Crippen molar-refractivity contribution in [3.63, 3.8) is 0 Å². The SMILES string of the molecule is [N-]=[N+]=NC(CCCO)c1ccc(Cl)cc1Cl. The Kier molecular flexibility index (Phi) is 5.43. The van der Waals surface area contributed by atoms with Gasteiger partial charge in [-0.1, -0.05) is 34.4 Å². The summed E-state index contributed by atoms with van der Waals surface area (Å²) in [6.07, 6.45) is 1.12.